The Labute approximate surface area is 127 Å². The van der Waals surface area contributed by atoms with Gasteiger partial charge in [-0.05, 0) is 31.0 Å². The summed E-state index contributed by atoms with van der Waals surface area (Å²) in [5.41, 5.74) is 2.13. The van der Waals surface area contributed by atoms with E-state index in [1.165, 1.54) is 5.56 Å². The van der Waals surface area contributed by atoms with Crippen molar-refractivity contribution in [3.05, 3.63) is 35.4 Å². The van der Waals surface area contributed by atoms with Crippen LogP contribution in [0.3, 0.4) is 0 Å². The predicted octanol–water partition coefficient (Wildman–Crippen LogP) is 2.40. The quantitative estimate of drug-likeness (QED) is 0.904. The van der Waals surface area contributed by atoms with E-state index < -0.39 is 12.0 Å². The number of likely N-dealkylation sites (N-methyl/N-ethyl adjacent to an activating group) is 1. The van der Waals surface area contributed by atoms with E-state index in [4.69, 9.17) is 0 Å². The third-order valence-electron chi connectivity index (χ3n) is 4.51. The number of carboxylic acid groups (broad SMARTS) is 1. The number of carbonyl (C=O) groups is 1. The molecule has 0 saturated carbocycles. The molecule has 1 aliphatic rings. The van der Waals surface area contributed by atoms with Gasteiger partial charge in [0.25, 0.3) is 0 Å². The van der Waals surface area contributed by atoms with Gasteiger partial charge < -0.3 is 5.11 Å². The number of aryl methyl sites for hydroxylation is 1. The molecule has 2 unspecified atom stereocenters. The van der Waals surface area contributed by atoms with E-state index in [9.17, 15) is 9.90 Å². The Hall–Kier alpha value is -1.39. The first-order valence-corrected chi connectivity index (χ1v) is 7.86. The number of carboxylic acids is 1. The molecule has 0 aromatic heterocycles. The van der Waals surface area contributed by atoms with Crippen molar-refractivity contribution < 1.29 is 9.90 Å². The highest BCUT2D eigenvalue weighted by Gasteiger charge is 2.32. The minimum atomic E-state index is -0.753. The fourth-order valence-electron chi connectivity index (χ4n) is 3.17. The second kappa shape index (κ2) is 7.05. The third kappa shape index (κ3) is 3.63. The van der Waals surface area contributed by atoms with Gasteiger partial charge in [-0.25, -0.2) is 0 Å². The number of nitrogens with zero attached hydrogens (tertiary/aromatic N) is 2. The van der Waals surface area contributed by atoms with Crippen molar-refractivity contribution in [2.45, 2.75) is 39.3 Å². The van der Waals surface area contributed by atoms with Crippen LogP contribution >= 0.6 is 0 Å². The van der Waals surface area contributed by atoms with Crippen LogP contribution in [0.2, 0.25) is 0 Å². The highest BCUT2D eigenvalue weighted by molar-refractivity contribution is 5.75. The fraction of sp³-hybridized carbons (Fsp3) is 0.588. The highest BCUT2D eigenvalue weighted by atomic mass is 16.4. The molecule has 1 aliphatic heterocycles. The van der Waals surface area contributed by atoms with Crippen LogP contribution < -0.4 is 0 Å². The third-order valence-corrected chi connectivity index (χ3v) is 4.51. The Bertz CT molecular complexity index is 472. The molecule has 116 valence electrons. The molecular formula is C17H26N2O2. The Morgan fingerprint density at radius 2 is 1.95 bits per heavy atom. The van der Waals surface area contributed by atoms with Crippen molar-refractivity contribution in [2.75, 3.05) is 26.2 Å². The van der Waals surface area contributed by atoms with Gasteiger partial charge in [0.15, 0.2) is 0 Å². The lowest BCUT2D eigenvalue weighted by molar-refractivity contribution is -0.144. The van der Waals surface area contributed by atoms with Crippen LogP contribution in [0, 0.1) is 0 Å². The molecule has 1 heterocycles. The molecular weight excluding hydrogens is 264 g/mol. The summed E-state index contributed by atoms with van der Waals surface area (Å²) >= 11 is 0. The Balaban J connectivity index is 2.17. The SMILES string of the molecule is CCc1ccc(C(C(=O)O)N2CCN(CC)C(C)C2)cc1. The molecule has 0 amide bonds. The largest absolute Gasteiger partial charge is 0.480 e. The Morgan fingerprint density at radius 1 is 1.29 bits per heavy atom. The smallest absolute Gasteiger partial charge is 0.325 e. The van der Waals surface area contributed by atoms with Crippen molar-refractivity contribution in [1.29, 1.82) is 0 Å². The molecule has 0 bridgehead atoms. The van der Waals surface area contributed by atoms with Gasteiger partial charge in [-0.15, -0.1) is 0 Å². The maximum Gasteiger partial charge on any atom is 0.325 e. The van der Waals surface area contributed by atoms with Gasteiger partial charge in [0.1, 0.15) is 6.04 Å². The Kier molecular flexibility index (Phi) is 5.37. The fourth-order valence-corrected chi connectivity index (χ4v) is 3.17. The summed E-state index contributed by atoms with van der Waals surface area (Å²) in [5.74, 6) is -0.753. The minimum Gasteiger partial charge on any atom is -0.480 e. The second-order valence-corrected chi connectivity index (χ2v) is 5.81. The molecule has 21 heavy (non-hydrogen) atoms. The standard InChI is InChI=1S/C17H26N2O2/c1-4-14-6-8-15(9-7-14)16(17(20)21)19-11-10-18(5-2)13(3)12-19/h6-9,13,16H,4-5,10-12H2,1-3H3,(H,20,21). The maximum absolute atomic E-state index is 11.8. The summed E-state index contributed by atoms with van der Waals surface area (Å²) in [4.78, 5) is 16.3. The normalized spacial score (nSPS) is 22.1. The van der Waals surface area contributed by atoms with E-state index in [1.54, 1.807) is 0 Å². The van der Waals surface area contributed by atoms with Crippen molar-refractivity contribution >= 4 is 5.97 Å². The lowest BCUT2D eigenvalue weighted by atomic mass is 10.0. The molecule has 2 atom stereocenters. The molecule has 1 aromatic carbocycles. The molecule has 0 spiro atoms. The second-order valence-electron chi connectivity index (χ2n) is 5.81. The highest BCUT2D eigenvalue weighted by Crippen LogP contribution is 2.25. The van der Waals surface area contributed by atoms with Crippen molar-refractivity contribution in [2.24, 2.45) is 0 Å². The van der Waals surface area contributed by atoms with Crippen LogP contribution in [-0.4, -0.2) is 53.1 Å². The van der Waals surface area contributed by atoms with Crippen LogP contribution in [0.5, 0.6) is 0 Å². The monoisotopic (exact) mass is 290 g/mol. The molecule has 2 rings (SSSR count). The van der Waals surface area contributed by atoms with Crippen LogP contribution in [0.25, 0.3) is 0 Å². The summed E-state index contributed by atoms with van der Waals surface area (Å²) < 4.78 is 0. The van der Waals surface area contributed by atoms with E-state index in [2.05, 4.69) is 30.6 Å². The molecule has 1 saturated heterocycles. The van der Waals surface area contributed by atoms with Crippen LogP contribution in [0.4, 0.5) is 0 Å². The summed E-state index contributed by atoms with van der Waals surface area (Å²) in [6, 6.07) is 7.88. The summed E-state index contributed by atoms with van der Waals surface area (Å²) in [6.07, 6.45) is 0.976. The summed E-state index contributed by atoms with van der Waals surface area (Å²) in [6.45, 7) is 10.0. The van der Waals surface area contributed by atoms with Gasteiger partial charge in [0.05, 0.1) is 0 Å². The zero-order chi connectivity index (χ0) is 15.4. The number of benzene rings is 1. The topological polar surface area (TPSA) is 43.8 Å². The van der Waals surface area contributed by atoms with E-state index in [-0.39, 0.29) is 0 Å². The number of hydrogen-bond donors (Lipinski definition) is 1. The molecule has 1 aromatic rings. The Morgan fingerprint density at radius 3 is 2.43 bits per heavy atom. The van der Waals surface area contributed by atoms with Crippen LogP contribution in [0.15, 0.2) is 24.3 Å². The number of piperazine rings is 1. The maximum atomic E-state index is 11.8. The van der Waals surface area contributed by atoms with E-state index >= 15 is 0 Å². The van der Waals surface area contributed by atoms with Gasteiger partial charge in [-0.2, -0.15) is 0 Å². The minimum absolute atomic E-state index is 0.403. The van der Waals surface area contributed by atoms with E-state index in [0.29, 0.717) is 6.04 Å². The average Bonchev–Trinajstić information content (AvgIpc) is 2.48. The molecule has 1 N–H and O–H groups in total. The van der Waals surface area contributed by atoms with Gasteiger partial charge in [-0.3, -0.25) is 14.6 Å². The van der Waals surface area contributed by atoms with Crippen molar-refractivity contribution in [3.63, 3.8) is 0 Å². The number of aliphatic carboxylic acids is 1. The lowest BCUT2D eigenvalue weighted by Crippen LogP contribution is -2.53. The number of hydrogen-bond acceptors (Lipinski definition) is 3. The predicted molar refractivity (Wildman–Crippen MR) is 84.5 cm³/mol. The van der Waals surface area contributed by atoms with E-state index in [1.807, 2.05) is 24.3 Å². The molecule has 1 fully saturated rings. The van der Waals surface area contributed by atoms with E-state index in [0.717, 1.165) is 38.2 Å². The van der Waals surface area contributed by atoms with Gasteiger partial charge in [0.2, 0.25) is 0 Å². The van der Waals surface area contributed by atoms with Gasteiger partial charge in [0, 0.05) is 25.7 Å². The first-order valence-electron chi connectivity index (χ1n) is 7.86. The van der Waals surface area contributed by atoms with Gasteiger partial charge >= 0.3 is 5.97 Å². The molecule has 0 aliphatic carbocycles. The molecule has 4 heteroatoms. The van der Waals surface area contributed by atoms with Crippen LogP contribution in [0.1, 0.15) is 37.9 Å². The molecule has 0 radical (unpaired) electrons. The van der Waals surface area contributed by atoms with Crippen molar-refractivity contribution in [3.8, 4) is 0 Å². The average molecular weight is 290 g/mol. The lowest BCUT2D eigenvalue weighted by Gasteiger charge is -2.41. The zero-order valence-electron chi connectivity index (χ0n) is 13.2. The van der Waals surface area contributed by atoms with Crippen molar-refractivity contribution in [1.82, 2.24) is 9.80 Å². The molecule has 4 nitrogen and oxygen atoms in total. The number of rotatable bonds is 5. The summed E-state index contributed by atoms with van der Waals surface area (Å²) in [5, 5.41) is 9.66. The zero-order valence-corrected chi connectivity index (χ0v) is 13.2. The first kappa shape index (κ1) is 16.0. The first-order chi connectivity index (χ1) is 10.1. The summed E-state index contributed by atoms with van der Waals surface area (Å²) in [7, 11) is 0. The van der Waals surface area contributed by atoms with Crippen LogP contribution in [-0.2, 0) is 11.2 Å². The van der Waals surface area contributed by atoms with Gasteiger partial charge in [-0.1, -0.05) is 38.1 Å².